The van der Waals surface area contributed by atoms with E-state index in [-0.39, 0.29) is 5.82 Å². The standard InChI is InChI=1S/C10H7FN2OS/c1-6-4-7(2-3-8(6)11)10-9(5-14)12-13-15-10/h2-5H,1H3. The first-order valence-electron chi connectivity index (χ1n) is 4.26. The Balaban J connectivity index is 2.54. The molecule has 0 aliphatic heterocycles. The number of aryl methyl sites for hydroxylation is 1. The van der Waals surface area contributed by atoms with Gasteiger partial charge in [-0.2, -0.15) is 0 Å². The monoisotopic (exact) mass is 222 g/mol. The highest BCUT2D eigenvalue weighted by molar-refractivity contribution is 7.09. The summed E-state index contributed by atoms with van der Waals surface area (Å²) >= 11 is 1.13. The lowest BCUT2D eigenvalue weighted by Gasteiger charge is -2.00. The lowest BCUT2D eigenvalue weighted by atomic mass is 10.1. The van der Waals surface area contributed by atoms with Gasteiger partial charge in [-0.25, -0.2) is 4.39 Å². The van der Waals surface area contributed by atoms with Crippen LogP contribution in [0.2, 0.25) is 0 Å². The van der Waals surface area contributed by atoms with E-state index in [4.69, 9.17) is 0 Å². The third-order valence-electron chi connectivity index (χ3n) is 2.05. The number of rotatable bonds is 2. The summed E-state index contributed by atoms with van der Waals surface area (Å²) in [4.78, 5) is 11.3. The van der Waals surface area contributed by atoms with E-state index in [1.807, 2.05) is 0 Å². The fourth-order valence-electron chi connectivity index (χ4n) is 1.26. The number of hydrogen-bond acceptors (Lipinski definition) is 4. The Bertz CT molecular complexity index is 510. The molecule has 0 fully saturated rings. The summed E-state index contributed by atoms with van der Waals surface area (Å²) < 4.78 is 16.7. The van der Waals surface area contributed by atoms with Gasteiger partial charge in [-0.3, -0.25) is 4.79 Å². The van der Waals surface area contributed by atoms with Gasteiger partial charge in [0.1, 0.15) is 11.5 Å². The second-order valence-corrected chi connectivity index (χ2v) is 3.82. The zero-order valence-corrected chi connectivity index (χ0v) is 8.71. The molecule has 0 spiro atoms. The quantitative estimate of drug-likeness (QED) is 0.733. The van der Waals surface area contributed by atoms with Gasteiger partial charge in [0.25, 0.3) is 0 Å². The van der Waals surface area contributed by atoms with Crippen molar-refractivity contribution < 1.29 is 9.18 Å². The van der Waals surface area contributed by atoms with Crippen molar-refractivity contribution in [3.05, 3.63) is 35.3 Å². The maximum absolute atomic E-state index is 13.0. The molecule has 0 aliphatic carbocycles. The van der Waals surface area contributed by atoms with Crippen molar-refractivity contribution in [1.29, 1.82) is 0 Å². The average Bonchev–Trinajstić information content (AvgIpc) is 2.70. The summed E-state index contributed by atoms with van der Waals surface area (Å²) in [6.07, 6.45) is 0.650. The van der Waals surface area contributed by atoms with Gasteiger partial charge >= 0.3 is 0 Å². The topological polar surface area (TPSA) is 42.9 Å². The highest BCUT2D eigenvalue weighted by Gasteiger charge is 2.10. The van der Waals surface area contributed by atoms with Crippen molar-refractivity contribution in [2.75, 3.05) is 0 Å². The molecule has 0 atom stereocenters. The third kappa shape index (κ3) is 1.78. The SMILES string of the molecule is Cc1cc(-c2snnc2C=O)ccc1F. The number of hydrogen-bond donors (Lipinski definition) is 0. The molecule has 0 saturated carbocycles. The predicted octanol–water partition coefficient (Wildman–Crippen LogP) is 2.47. The number of carbonyl (C=O) groups excluding carboxylic acids is 1. The third-order valence-corrected chi connectivity index (χ3v) is 2.84. The maximum atomic E-state index is 13.0. The molecule has 0 saturated heterocycles. The zero-order chi connectivity index (χ0) is 10.8. The summed E-state index contributed by atoms with van der Waals surface area (Å²) in [6, 6.07) is 4.67. The van der Waals surface area contributed by atoms with Gasteiger partial charge in [-0.1, -0.05) is 10.6 Å². The van der Waals surface area contributed by atoms with Crippen LogP contribution < -0.4 is 0 Å². The smallest absolute Gasteiger partial charge is 0.171 e. The van der Waals surface area contributed by atoms with Crippen LogP contribution in [0.5, 0.6) is 0 Å². The van der Waals surface area contributed by atoms with Gasteiger partial charge in [0.05, 0.1) is 4.88 Å². The van der Waals surface area contributed by atoms with Crippen molar-refractivity contribution in [2.45, 2.75) is 6.92 Å². The molecule has 5 heteroatoms. The molecule has 0 aliphatic rings. The number of aromatic nitrogens is 2. The fraction of sp³-hybridized carbons (Fsp3) is 0.100. The molecule has 0 bridgehead atoms. The van der Waals surface area contributed by atoms with Crippen LogP contribution >= 0.6 is 11.5 Å². The van der Waals surface area contributed by atoms with Crippen LogP contribution in [0.4, 0.5) is 4.39 Å². The Morgan fingerprint density at radius 1 is 1.47 bits per heavy atom. The molecular formula is C10H7FN2OS. The molecule has 0 unspecified atom stereocenters. The minimum Gasteiger partial charge on any atom is -0.296 e. The van der Waals surface area contributed by atoms with Gasteiger partial charge < -0.3 is 0 Å². The first-order chi connectivity index (χ1) is 7.22. The molecule has 2 rings (SSSR count). The fourth-order valence-corrected chi connectivity index (χ4v) is 1.89. The first-order valence-corrected chi connectivity index (χ1v) is 5.04. The van der Waals surface area contributed by atoms with Crippen molar-refractivity contribution in [1.82, 2.24) is 9.59 Å². The molecule has 1 aromatic carbocycles. The van der Waals surface area contributed by atoms with Gasteiger partial charge in [-0.05, 0) is 41.7 Å². The van der Waals surface area contributed by atoms with Gasteiger partial charge in [0, 0.05) is 0 Å². The van der Waals surface area contributed by atoms with E-state index in [1.54, 1.807) is 19.1 Å². The summed E-state index contributed by atoms with van der Waals surface area (Å²) in [5.74, 6) is -0.260. The average molecular weight is 222 g/mol. The Morgan fingerprint density at radius 3 is 2.93 bits per heavy atom. The summed E-state index contributed by atoms with van der Waals surface area (Å²) in [5.41, 5.74) is 1.61. The van der Waals surface area contributed by atoms with Crippen molar-refractivity contribution in [3.63, 3.8) is 0 Å². The Kier molecular flexibility index (Phi) is 2.55. The molecule has 15 heavy (non-hydrogen) atoms. The van der Waals surface area contributed by atoms with Gasteiger partial charge in [-0.15, -0.1) is 5.10 Å². The minimum absolute atomic E-state index is 0.260. The first kappa shape index (κ1) is 9.92. The molecular weight excluding hydrogens is 215 g/mol. The number of benzene rings is 1. The summed E-state index contributed by atoms with van der Waals surface area (Å²) in [7, 11) is 0. The number of carbonyl (C=O) groups is 1. The van der Waals surface area contributed by atoms with E-state index in [0.29, 0.717) is 22.4 Å². The van der Waals surface area contributed by atoms with Gasteiger partial charge in [0.2, 0.25) is 0 Å². The number of halogens is 1. The molecule has 3 nitrogen and oxygen atoms in total. The van der Waals surface area contributed by atoms with Crippen molar-refractivity contribution >= 4 is 17.8 Å². The maximum Gasteiger partial charge on any atom is 0.171 e. The number of nitrogens with zero attached hydrogens (tertiary/aromatic N) is 2. The summed E-state index contributed by atoms with van der Waals surface area (Å²) in [6.45, 7) is 1.67. The Labute approximate surface area is 89.7 Å². The molecule has 1 aromatic heterocycles. The van der Waals surface area contributed by atoms with Crippen LogP contribution in [0, 0.1) is 12.7 Å². The van der Waals surface area contributed by atoms with Crippen LogP contribution in [-0.2, 0) is 0 Å². The summed E-state index contributed by atoms with van der Waals surface area (Å²) in [5, 5.41) is 3.67. The molecule has 1 heterocycles. The van der Waals surface area contributed by atoms with Crippen molar-refractivity contribution in [2.24, 2.45) is 0 Å². The lowest BCUT2D eigenvalue weighted by molar-refractivity contribution is 0.111. The number of aldehydes is 1. The molecule has 0 amide bonds. The Hall–Kier alpha value is -1.62. The van der Waals surface area contributed by atoms with Crippen molar-refractivity contribution in [3.8, 4) is 10.4 Å². The van der Waals surface area contributed by atoms with E-state index >= 15 is 0 Å². The highest BCUT2D eigenvalue weighted by Crippen LogP contribution is 2.26. The second-order valence-electron chi connectivity index (χ2n) is 3.07. The molecule has 76 valence electrons. The largest absolute Gasteiger partial charge is 0.296 e. The van der Waals surface area contributed by atoms with Crippen LogP contribution in [0.25, 0.3) is 10.4 Å². The molecule has 0 radical (unpaired) electrons. The van der Waals surface area contributed by atoms with Crippen LogP contribution in [0.15, 0.2) is 18.2 Å². The second kappa shape index (κ2) is 3.86. The van der Waals surface area contributed by atoms with Gasteiger partial charge in [0.15, 0.2) is 6.29 Å². The van der Waals surface area contributed by atoms with E-state index in [0.717, 1.165) is 17.1 Å². The minimum atomic E-state index is -0.260. The van der Waals surface area contributed by atoms with E-state index in [2.05, 4.69) is 9.59 Å². The van der Waals surface area contributed by atoms with Crippen LogP contribution in [0.1, 0.15) is 16.1 Å². The zero-order valence-electron chi connectivity index (χ0n) is 7.90. The Morgan fingerprint density at radius 2 is 2.27 bits per heavy atom. The van der Waals surface area contributed by atoms with E-state index in [9.17, 15) is 9.18 Å². The van der Waals surface area contributed by atoms with E-state index in [1.165, 1.54) is 6.07 Å². The highest BCUT2D eigenvalue weighted by atomic mass is 32.1. The molecule has 2 aromatic rings. The van der Waals surface area contributed by atoms with Crippen LogP contribution in [0.3, 0.4) is 0 Å². The van der Waals surface area contributed by atoms with E-state index < -0.39 is 0 Å². The molecule has 0 N–H and O–H groups in total. The van der Waals surface area contributed by atoms with Crippen LogP contribution in [-0.4, -0.2) is 15.9 Å². The predicted molar refractivity (Wildman–Crippen MR) is 55.4 cm³/mol. The normalized spacial score (nSPS) is 10.3. The lowest BCUT2D eigenvalue weighted by Crippen LogP contribution is -1.86.